The molecule has 2 unspecified atom stereocenters. The van der Waals surface area contributed by atoms with Crippen molar-refractivity contribution < 1.29 is 9.47 Å². The van der Waals surface area contributed by atoms with Gasteiger partial charge in [-0.1, -0.05) is 67.9 Å². The maximum atomic E-state index is 5.48. The average molecular weight is 553 g/mol. The lowest BCUT2D eigenvalue weighted by atomic mass is 9.98. The first-order valence-corrected chi connectivity index (χ1v) is 15.0. The number of hydrogen-bond donors (Lipinski definition) is 1. The van der Waals surface area contributed by atoms with Crippen molar-refractivity contribution in [3.05, 3.63) is 101 Å². The summed E-state index contributed by atoms with van der Waals surface area (Å²) in [5.41, 5.74) is 6.21. The first kappa shape index (κ1) is 28.9. The number of rotatable bonds is 12. The van der Waals surface area contributed by atoms with Gasteiger partial charge in [-0.3, -0.25) is 4.90 Å². The maximum absolute atomic E-state index is 5.48. The van der Waals surface area contributed by atoms with E-state index in [4.69, 9.17) is 14.5 Å². The minimum Gasteiger partial charge on any atom is -0.497 e. The second kappa shape index (κ2) is 13.8. The molecule has 5 rings (SSSR count). The summed E-state index contributed by atoms with van der Waals surface area (Å²) in [6.45, 7) is 8.76. The highest BCUT2D eigenvalue weighted by atomic mass is 16.5. The number of aromatic nitrogens is 2. The predicted molar refractivity (Wildman–Crippen MR) is 167 cm³/mol. The second-order valence-corrected chi connectivity index (χ2v) is 11.0. The van der Waals surface area contributed by atoms with Gasteiger partial charge in [-0.2, -0.15) is 0 Å². The van der Waals surface area contributed by atoms with Gasteiger partial charge in [-0.15, -0.1) is 0 Å². The van der Waals surface area contributed by atoms with E-state index >= 15 is 0 Å². The summed E-state index contributed by atoms with van der Waals surface area (Å²) in [6, 6.07) is 28.2. The normalized spacial score (nSPS) is 16.9. The molecule has 1 N–H and O–H groups in total. The molecule has 3 aromatic carbocycles. The molecule has 0 spiro atoms. The number of imidazole rings is 1. The van der Waals surface area contributed by atoms with Crippen molar-refractivity contribution in [1.82, 2.24) is 19.8 Å². The predicted octanol–water partition coefficient (Wildman–Crippen LogP) is 7.10. The molecule has 0 amide bonds. The third-order valence-electron chi connectivity index (χ3n) is 8.34. The van der Waals surface area contributed by atoms with Crippen molar-refractivity contribution in [3.8, 4) is 22.9 Å². The van der Waals surface area contributed by atoms with E-state index in [1.807, 2.05) is 12.1 Å². The number of aryl methyl sites for hydroxylation is 2. The zero-order valence-electron chi connectivity index (χ0n) is 25.0. The lowest BCUT2D eigenvalue weighted by molar-refractivity contribution is 0.0427. The lowest BCUT2D eigenvalue weighted by Gasteiger charge is -2.44. The third-order valence-corrected chi connectivity index (χ3v) is 8.34. The molecule has 1 aliphatic heterocycles. The third kappa shape index (κ3) is 7.00. The largest absolute Gasteiger partial charge is 0.497 e. The highest BCUT2D eigenvalue weighted by Gasteiger charge is 2.33. The Kier molecular flexibility index (Phi) is 9.75. The van der Waals surface area contributed by atoms with Crippen molar-refractivity contribution in [2.45, 2.75) is 51.6 Å². The summed E-state index contributed by atoms with van der Waals surface area (Å²) in [5.74, 6) is 2.68. The van der Waals surface area contributed by atoms with Crippen molar-refractivity contribution in [2.24, 2.45) is 0 Å². The number of methoxy groups -OCH3 is 2. The molecule has 1 aliphatic rings. The molecule has 2 heterocycles. The van der Waals surface area contributed by atoms with Gasteiger partial charge >= 0.3 is 0 Å². The summed E-state index contributed by atoms with van der Waals surface area (Å²) in [4.78, 5) is 14.2. The Morgan fingerprint density at radius 2 is 1.68 bits per heavy atom. The minimum absolute atomic E-state index is 0.193. The summed E-state index contributed by atoms with van der Waals surface area (Å²) in [7, 11) is 3.43. The van der Waals surface area contributed by atoms with Crippen molar-refractivity contribution >= 4 is 0 Å². The lowest BCUT2D eigenvalue weighted by Crippen LogP contribution is -2.49. The Morgan fingerprint density at radius 3 is 2.41 bits per heavy atom. The molecule has 0 radical (unpaired) electrons. The van der Waals surface area contributed by atoms with E-state index < -0.39 is 0 Å². The monoisotopic (exact) mass is 552 g/mol. The Balaban J connectivity index is 1.33. The van der Waals surface area contributed by atoms with E-state index in [2.05, 4.69) is 95.4 Å². The molecule has 0 saturated carbocycles. The molecule has 4 aromatic rings. The van der Waals surface area contributed by atoms with Crippen LogP contribution < -0.4 is 9.47 Å². The van der Waals surface area contributed by atoms with Crippen LogP contribution in [0.3, 0.4) is 0 Å². The standard InChI is InChI=1S/C35H44N4O2/c1-5-11-32-34(37-35(36-32)29-15-9-16-31(24-29)41-4)26(2)39-23-22-38(25-33(39)28-13-7-6-8-14-28)21-10-12-27-17-19-30(40-3)20-18-27/h6-9,13-20,24,26,33H,5,10-12,21-23,25H2,1-4H3,(H,36,37). The Bertz CT molecular complexity index is 1370. The average Bonchev–Trinajstić information content (AvgIpc) is 3.45. The van der Waals surface area contributed by atoms with Gasteiger partial charge in [0.15, 0.2) is 0 Å². The van der Waals surface area contributed by atoms with Crippen LogP contribution in [0.2, 0.25) is 0 Å². The molecule has 216 valence electrons. The quantitative estimate of drug-likeness (QED) is 0.203. The molecule has 1 aromatic heterocycles. The van der Waals surface area contributed by atoms with Crippen LogP contribution in [-0.2, 0) is 12.8 Å². The first-order valence-electron chi connectivity index (χ1n) is 15.0. The van der Waals surface area contributed by atoms with Crippen molar-refractivity contribution in [3.63, 3.8) is 0 Å². The van der Waals surface area contributed by atoms with Gasteiger partial charge in [0, 0.05) is 36.9 Å². The molecular weight excluding hydrogens is 508 g/mol. The summed E-state index contributed by atoms with van der Waals surface area (Å²) in [6.07, 6.45) is 4.28. The molecule has 6 heteroatoms. The highest BCUT2D eigenvalue weighted by Crippen LogP contribution is 2.36. The van der Waals surface area contributed by atoms with Crippen LogP contribution in [0.4, 0.5) is 0 Å². The van der Waals surface area contributed by atoms with Gasteiger partial charge in [0.05, 0.1) is 26.0 Å². The first-order chi connectivity index (χ1) is 20.1. The minimum atomic E-state index is 0.193. The van der Waals surface area contributed by atoms with Gasteiger partial charge < -0.3 is 19.4 Å². The van der Waals surface area contributed by atoms with Crippen LogP contribution in [0, 0.1) is 0 Å². The molecule has 6 nitrogen and oxygen atoms in total. The Labute approximate surface area is 245 Å². The zero-order valence-corrected chi connectivity index (χ0v) is 25.0. The van der Waals surface area contributed by atoms with Gasteiger partial charge in [0.1, 0.15) is 17.3 Å². The number of nitrogens with zero attached hydrogens (tertiary/aromatic N) is 3. The van der Waals surface area contributed by atoms with Crippen LogP contribution in [0.1, 0.15) is 61.3 Å². The van der Waals surface area contributed by atoms with E-state index in [0.717, 1.165) is 74.7 Å². The molecule has 41 heavy (non-hydrogen) atoms. The molecule has 1 fully saturated rings. The molecule has 2 atom stereocenters. The number of H-pyrrole nitrogens is 1. The number of benzene rings is 3. The second-order valence-electron chi connectivity index (χ2n) is 11.0. The Morgan fingerprint density at radius 1 is 0.902 bits per heavy atom. The van der Waals surface area contributed by atoms with Crippen LogP contribution in [0.15, 0.2) is 78.9 Å². The molecular formula is C35H44N4O2. The molecule has 0 bridgehead atoms. The number of hydrogen-bond acceptors (Lipinski definition) is 5. The molecule has 1 saturated heterocycles. The molecule has 0 aliphatic carbocycles. The van der Waals surface area contributed by atoms with E-state index in [1.54, 1.807) is 14.2 Å². The van der Waals surface area contributed by atoms with Crippen LogP contribution in [0.5, 0.6) is 11.5 Å². The number of aromatic amines is 1. The van der Waals surface area contributed by atoms with Crippen molar-refractivity contribution in [2.75, 3.05) is 40.4 Å². The van der Waals surface area contributed by atoms with E-state index in [1.165, 1.54) is 22.5 Å². The fourth-order valence-corrected chi connectivity index (χ4v) is 6.06. The summed E-state index contributed by atoms with van der Waals surface area (Å²) in [5, 5.41) is 0. The summed E-state index contributed by atoms with van der Waals surface area (Å²) < 4.78 is 10.8. The smallest absolute Gasteiger partial charge is 0.138 e. The number of piperazine rings is 1. The van der Waals surface area contributed by atoms with E-state index in [-0.39, 0.29) is 6.04 Å². The maximum Gasteiger partial charge on any atom is 0.138 e. The number of ether oxygens (including phenoxy) is 2. The van der Waals surface area contributed by atoms with Gasteiger partial charge in [0.25, 0.3) is 0 Å². The number of nitrogens with one attached hydrogen (secondary N) is 1. The zero-order chi connectivity index (χ0) is 28.6. The van der Waals surface area contributed by atoms with Gasteiger partial charge in [-0.05, 0) is 68.1 Å². The fourth-order valence-electron chi connectivity index (χ4n) is 6.06. The van der Waals surface area contributed by atoms with Crippen LogP contribution in [0.25, 0.3) is 11.4 Å². The van der Waals surface area contributed by atoms with Gasteiger partial charge in [-0.25, -0.2) is 4.98 Å². The van der Waals surface area contributed by atoms with E-state index in [0.29, 0.717) is 6.04 Å². The fraction of sp³-hybridized carbons (Fsp3) is 0.400. The van der Waals surface area contributed by atoms with Crippen molar-refractivity contribution in [1.29, 1.82) is 0 Å². The van der Waals surface area contributed by atoms with Crippen LogP contribution >= 0.6 is 0 Å². The Hall–Kier alpha value is -3.61. The van der Waals surface area contributed by atoms with Crippen LogP contribution in [-0.4, -0.2) is 60.2 Å². The van der Waals surface area contributed by atoms with Gasteiger partial charge in [0.2, 0.25) is 0 Å². The SMILES string of the molecule is CCCc1[nH]c(-c2cccc(OC)c2)nc1C(C)N1CCN(CCCc2ccc(OC)cc2)CC1c1ccccc1. The summed E-state index contributed by atoms with van der Waals surface area (Å²) >= 11 is 0. The topological polar surface area (TPSA) is 53.6 Å². The highest BCUT2D eigenvalue weighted by molar-refractivity contribution is 5.58. The van der Waals surface area contributed by atoms with E-state index in [9.17, 15) is 0 Å².